The highest BCUT2D eigenvalue weighted by atomic mass is 19.1. The number of aryl methyl sites for hydroxylation is 1. The van der Waals surface area contributed by atoms with Crippen LogP contribution in [-0.4, -0.2) is 32.3 Å². The van der Waals surface area contributed by atoms with Crippen LogP contribution in [0.4, 0.5) is 14.9 Å². The lowest BCUT2D eigenvalue weighted by Gasteiger charge is -2.15. The zero-order valence-corrected chi connectivity index (χ0v) is 9.87. The van der Waals surface area contributed by atoms with E-state index in [9.17, 15) is 9.18 Å². The Morgan fingerprint density at radius 3 is 3.06 bits per heavy atom. The number of benzene rings is 1. The molecular weight excluding hydrogens is 223 g/mol. The van der Waals surface area contributed by atoms with E-state index < -0.39 is 6.09 Å². The number of ether oxygens (including phenoxy) is 1. The summed E-state index contributed by atoms with van der Waals surface area (Å²) in [5.41, 5.74) is 1.43. The van der Waals surface area contributed by atoms with Crippen molar-refractivity contribution in [3.05, 3.63) is 29.6 Å². The van der Waals surface area contributed by atoms with Crippen molar-refractivity contribution in [1.29, 1.82) is 0 Å². The second-order valence-corrected chi connectivity index (χ2v) is 4.10. The first-order chi connectivity index (χ1) is 8.11. The third kappa shape index (κ3) is 2.39. The van der Waals surface area contributed by atoms with Gasteiger partial charge < -0.3 is 10.1 Å². The topological polar surface area (TPSA) is 41.6 Å². The van der Waals surface area contributed by atoms with Crippen LogP contribution < -0.4 is 10.2 Å². The van der Waals surface area contributed by atoms with E-state index in [2.05, 4.69) is 5.32 Å². The van der Waals surface area contributed by atoms with Crippen LogP contribution in [0.25, 0.3) is 0 Å². The number of hydrogen-bond donors (Lipinski definition) is 1. The van der Waals surface area contributed by atoms with Crippen LogP contribution in [0.5, 0.6) is 0 Å². The van der Waals surface area contributed by atoms with E-state index in [0.717, 1.165) is 5.56 Å². The molecule has 1 aliphatic heterocycles. The van der Waals surface area contributed by atoms with Crippen molar-refractivity contribution in [1.82, 2.24) is 5.32 Å². The van der Waals surface area contributed by atoms with Gasteiger partial charge in [-0.25, -0.2) is 9.18 Å². The van der Waals surface area contributed by atoms with E-state index in [4.69, 9.17) is 4.74 Å². The number of hydrogen-bond acceptors (Lipinski definition) is 3. The Balaban J connectivity index is 2.22. The molecule has 1 aromatic carbocycles. The van der Waals surface area contributed by atoms with Gasteiger partial charge in [0.25, 0.3) is 0 Å². The molecule has 1 N–H and O–H groups in total. The van der Waals surface area contributed by atoms with Crippen molar-refractivity contribution in [2.45, 2.75) is 13.0 Å². The summed E-state index contributed by atoms with van der Waals surface area (Å²) < 4.78 is 18.3. The summed E-state index contributed by atoms with van der Waals surface area (Å²) in [5, 5.41) is 2.95. The maximum absolute atomic E-state index is 13.2. The molecular formula is C12H15FN2O2. The first-order valence-electron chi connectivity index (χ1n) is 5.50. The predicted octanol–water partition coefficient (Wildman–Crippen LogP) is 1.68. The molecule has 2 rings (SSSR count). The van der Waals surface area contributed by atoms with Gasteiger partial charge in [-0.15, -0.1) is 0 Å². The lowest BCUT2D eigenvalue weighted by Crippen LogP contribution is -2.29. The van der Waals surface area contributed by atoms with E-state index in [-0.39, 0.29) is 11.9 Å². The fourth-order valence-corrected chi connectivity index (χ4v) is 1.93. The van der Waals surface area contributed by atoms with Crippen LogP contribution in [-0.2, 0) is 4.74 Å². The molecule has 0 bridgehead atoms. The fourth-order valence-electron chi connectivity index (χ4n) is 1.93. The summed E-state index contributed by atoms with van der Waals surface area (Å²) in [6.07, 6.45) is -0.603. The predicted molar refractivity (Wildman–Crippen MR) is 62.7 cm³/mol. The van der Waals surface area contributed by atoms with Gasteiger partial charge in [-0.05, 0) is 31.7 Å². The molecule has 0 aliphatic carbocycles. The Labute approximate surface area is 99.4 Å². The Hall–Kier alpha value is -1.62. The highest BCUT2D eigenvalue weighted by Crippen LogP contribution is 2.25. The highest BCUT2D eigenvalue weighted by Gasteiger charge is 2.32. The first-order valence-corrected chi connectivity index (χ1v) is 5.50. The number of cyclic esters (lactones) is 1. The number of amides is 1. The molecule has 17 heavy (non-hydrogen) atoms. The van der Waals surface area contributed by atoms with Gasteiger partial charge in [-0.1, -0.05) is 6.07 Å². The van der Waals surface area contributed by atoms with Gasteiger partial charge in [0.05, 0.1) is 12.2 Å². The largest absolute Gasteiger partial charge is 0.443 e. The second kappa shape index (κ2) is 4.71. The Bertz CT molecular complexity index is 437. The van der Waals surface area contributed by atoms with Gasteiger partial charge in [-0.3, -0.25) is 4.90 Å². The molecule has 0 radical (unpaired) electrons. The van der Waals surface area contributed by atoms with Gasteiger partial charge in [0, 0.05) is 6.54 Å². The average molecular weight is 238 g/mol. The van der Waals surface area contributed by atoms with Crippen LogP contribution in [0, 0.1) is 12.7 Å². The molecule has 1 atom stereocenters. The molecule has 92 valence electrons. The van der Waals surface area contributed by atoms with Gasteiger partial charge in [0.2, 0.25) is 0 Å². The molecule has 1 amide bonds. The minimum absolute atomic E-state index is 0.185. The normalized spacial score (nSPS) is 19.6. The average Bonchev–Trinajstić information content (AvgIpc) is 2.64. The summed E-state index contributed by atoms with van der Waals surface area (Å²) in [5.74, 6) is -0.351. The SMILES string of the molecule is CNCC1CN(c2cc(F)ccc2C)C(=O)O1. The lowest BCUT2D eigenvalue weighted by atomic mass is 10.1. The molecule has 1 heterocycles. The zero-order chi connectivity index (χ0) is 12.4. The zero-order valence-electron chi connectivity index (χ0n) is 9.87. The fraction of sp³-hybridized carbons (Fsp3) is 0.417. The summed E-state index contributed by atoms with van der Waals surface area (Å²) in [6, 6.07) is 4.40. The molecule has 0 saturated carbocycles. The molecule has 1 unspecified atom stereocenters. The van der Waals surface area contributed by atoms with Crippen molar-refractivity contribution in [3.8, 4) is 0 Å². The number of nitrogens with zero attached hydrogens (tertiary/aromatic N) is 1. The third-order valence-corrected chi connectivity index (χ3v) is 2.77. The quantitative estimate of drug-likeness (QED) is 0.871. The van der Waals surface area contributed by atoms with Crippen LogP contribution >= 0.6 is 0 Å². The van der Waals surface area contributed by atoms with Crippen LogP contribution in [0.2, 0.25) is 0 Å². The number of nitrogens with one attached hydrogen (secondary N) is 1. The Morgan fingerprint density at radius 2 is 2.35 bits per heavy atom. The van der Waals surface area contributed by atoms with E-state index in [0.29, 0.717) is 18.8 Å². The summed E-state index contributed by atoms with van der Waals surface area (Å²) in [6.45, 7) is 2.88. The van der Waals surface area contributed by atoms with Crippen LogP contribution in [0.3, 0.4) is 0 Å². The van der Waals surface area contributed by atoms with Crippen molar-refractivity contribution in [2.24, 2.45) is 0 Å². The van der Waals surface area contributed by atoms with Gasteiger partial charge in [0.1, 0.15) is 11.9 Å². The lowest BCUT2D eigenvalue weighted by molar-refractivity contribution is 0.141. The van der Waals surface area contributed by atoms with Crippen molar-refractivity contribution in [3.63, 3.8) is 0 Å². The molecule has 1 saturated heterocycles. The standard InChI is InChI=1S/C12H15FN2O2/c1-8-3-4-9(13)5-11(8)15-7-10(6-14-2)17-12(15)16/h3-5,10,14H,6-7H2,1-2H3. The number of likely N-dealkylation sites (N-methyl/N-ethyl adjacent to an activating group) is 1. The smallest absolute Gasteiger partial charge is 0.414 e. The Kier molecular flexibility index (Phi) is 3.28. The molecule has 4 nitrogen and oxygen atoms in total. The molecule has 0 aromatic heterocycles. The molecule has 5 heteroatoms. The van der Waals surface area contributed by atoms with Gasteiger partial charge >= 0.3 is 6.09 Å². The molecule has 0 spiro atoms. The van der Waals surface area contributed by atoms with Gasteiger partial charge in [0.15, 0.2) is 0 Å². The summed E-state index contributed by atoms with van der Waals surface area (Å²) in [7, 11) is 1.80. The number of carbonyl (C=O) groups excluding carboxylic acids is 1. The van der Waals surface area contributed by atoms with E-state index >= 15 is 0 Å². The van der Waals surface area contributed by atoms with Crippen LogP contribution in [0.15, 0.2) is 18.2 Å². The maximum Gasteiger partial charge on any atom is 0.414 e. The van der Waals surface area contributed by atoms with Crippen LogP contribution in [0.1, 0.15) is 5.56 Å². The van der Waals surface area contributed by atoms with Crippen molar-refractivity contribution >= 4 is 11.8 Å². The number of carbonyl (C=O) groups is 1. The maximum atomic E-state index is 13.2. The summed E-state index contributed by atoms with van der Waals surface area (Å²) >= 11 is 0. The minimum atomic E-state index is -0.418. The number of anilines is 1. The molecule has 1 aromatic rings. The van der Waals surface area contributed by atoms with E-state index in [1.807, 2.05) is 6.92 Å². The Morgan fingerprint density at radius 1 is 1.59 bits per heavy atom. The first kappa shape index (κ1) is 11.9. The molecule has 1 fully saturated rings. The molecule has 1 aliphatic rings. The third-order valence-electron chi connectivity index (χ3n) is 2.77. The monoisotopic (exact) mass is 238 g/mol. The minimum Gasteiger partial charge on any atom is -0.443 e. The number of halogens is 1. The number of rotatable bonds is 3. The van der Waals surface area contributed by atoms with Crippen molar-refractivity contribution < 1.29 is 13.9 Å². The van der Waals surface area contributed by atoms with E-state index in [1.165, 1.54) is 17.0 Å². The van der Waals surface area contributed by atoms with Gasteiger partial charge in [-0.2, -0.15) is 0 Å². The van der Waals surface area contributed by atoms with Crippen molar-refractivity contribution in [2.75, 3.05) is 25.0 Å². The summed E-state index contributed by atoms with van der Waals surface area (Å²) in [4.78, 5) is 13.1. The second-order valence-electron chi connectivity index (χ2n) is 4.10. The highest BCUT2D eigenvalue weighted by molar-refractivity contribution is 5.90. The van der Waals surface area contributed by atoms with E-state index in [1.54, 1.807) is 13.1 Å².